The van der Waals surface area contributed by atoms with Crippen LogP contribution in [0.2, 0.25) is 0 Å². The Labute approximate surface area is 163 Å². The molecular weight excluding hydrogens is 340 g/mol. The zero-order valence-corrected chi connectivity index (χ0v) is 16.6. The van der Waals surface area contributed by atoms with Gasteiger partial charge in [-0.2, -0.15) is 0 Å². The number of carbonyl (C=O) groups is 2. The summed E-state index contributed by atoms with van der Waals surface area (Å²) in [4.78, 5) is 21.5. The first-order chi connectivity index (χ1) is 13.1. The van der Waals surface area contributed by atoms with Crippen molar-refractivity contribution in [2.24, 2.45) is 0 Å². The summed E-state index contributed by atoms with van der Waals surface area (Å²) in [6.45, 7) is 4.18. The van der Waals surface area contributed by atoms with E-state index < -0.39 is 0 Å². The third-order valence-corrected chi connectivity index (χ3v) is 4.16. The smallest absolute Gasteiger partial charge is 0.303 e. The fourth-order valence-corrected chi connectivity index (χ4v) is 2.69. The maximum Gasteiger partial charge on any atom is 0.303 e. The lowest BCUT2D eigenvalue weighted by atomic mass is 10.1. The topological polar surface area (TPSA) is 52.6 Å². The Balaban J connectivity index is 2.12. The number of carbonyl (C=O) groups excluding carboxylic acids is 2. The van der Waals surface area contributed by atoms with Crippen LogP contribution in [0.25, 0.3) is 0 Å². The van der Waals surface area contributed by atoms with Crippen molar-refractivity contribution in [1.29, 1.82) is 0 Å². The second kappa shape index (κ2) is 15.0. The summed E-state index contributed by atoms with van der Waals surface area (Å²) < 4.78 is 11.1. The van der Waals surface area contributed by atoms with Gasteiger partial charge in [0.05, 0.1) is 12.7 Å². The van der Waals surface area contributed by atoms with Crippen molar-refractivity contribution in [2.75, 3.05) is 0 Å². The van der Waals surface area contributed by atoms with E-state index in [0.717, 1.165) is 44.8 Å². The van der Waals surface area contributed by atoms with Crippen molar-refractivity contribution in [3.63, 3.8) is 0 Å². The van der Waals surface area contributed by atoms with E-state index in [1.165, 1.54) is 12.5 Å². The van der Waals surface area contributed by atoms with Gasteiger partial charge in [0.1, 0.15) is 6.29 Å². The van der Waals surface area contributed by atoms with E-state index in [2.05, 4.69) is 30.9 Å². The lowest BCUT2D eigenvalue weighted by Gasteiger charge is -2.13. The van der Waals surface area contributed by atoms with E-state index in [4.69, 9.17) is 9.47 Å². The zero-order chi connectivity index (χ0) is 19.7. The van der Waals surface area contributed by atoms with Crippen LogP contribution in [-0.4, -0.2) is 24.5 Å². The minimum absolute atomic E-state index is 0.252. The predicted octanol–water partition coefficient (Wildman–Crippen LogP) is 4.85. The van der Waals surface area contributed by atoms with Crippen LogP contribution < -0.4 is 0 Å². The highest BCUT2D eigenvalue weighted by atomic mass is 16.5. The van der Waals surface area contributed by atoms with Crippen molar-refractivity contribution in [1.82, 2.24) is 0 Å². The summed E-state index contributed by atoms with van der Waals surface area (Å²) in [7, 11) is 0. The second-order valence-corrected chi connectivity index (χ2v) is 6.72. The lowest BCUT2D eigenvalue weighted by Crippen LogP contribution is -2.14. The molecule has 0 amide bonds. The third-order valence-electron chi connectivity index (χ3n) is 4.16. The molecule has 2 atom stereocenters. The number of esters is 1. The zero-order valence-electron chi connectivity index (χ0n) is 16.6. The van der Waals surface area contributed by atoms with E-state index >= 15 is 0 Å². The number of hydrogen-bond acceptors (Lipinski definition) is 4. The fourth-order valence-electron chi connectivity index (χ4n) is 2.69. The van der Waals surface area contributed by atoms with E-state index in [1.54, 1.807) is 0 Å². The summed E-state index contributed by atoms with van der Waals surface area (Å²) in [5.74, 6) is 5.56. The van der Waals surface area contributed by atoms with Gasteiger partial charge < -0.3 is 14.3 Å². The molecule has 0 spiro atoms. The molecule has 1 unspecified atom stereocenters. The second-order valence-electron chi connectivity index (χ2n) is 6.72. The molecule has 0 fully saturated rings. The molecule has 0 aromatic heterocycles. The van der Waals surface area contributed by atoms with E-state index in [1.807, 2.05) is 18.2 Å². The van der Waals surface area contributed by atoms with Gasteiger partial charge in [-0.05, 0) is 31.7 Å². The van der Waals surface area contributed by atoms with Crippen molar-refractivity contribution in [3.8, 4) is 11.8 Å². The van der Waals surface area contributed by atoms with Crippen LogP contribution >= 0.6 is 0 Å². The Bertz CT molecular complexity index is 585. The third kappa shape index (κ3) is 12.8. The van der Waals surface area contributed by atoms with Gasteiger partial charge in [0.25, 0.3) is 0 Å². The monoisotopic (exact) mass is 372 g/mol. The summed E-state index contributed by atoms with van der Waals surface area (Å²) in [6.07, 6.45) is 7.78. The average Bonchev–Trinajstić information content (AvgIpc) is 2.66. The molecule has 0 bridgehead atoms. The summed E-state index contributed by atoms with van der Waals surface area (Å²) >= 11 is 0. The van der Waals surface area contributed by atoms with Gasteiger partial charge in [-0.25, -0.2) is 0 Å². The lowest BCUT2D eigenvalue weighted by molar-refractivity contribution is -0.144. The van der Waals surface area contributed by atoms with Crippen LogP contribution in [-0.2, 0) is 25.7 Å². The van der Waals surface area contributed by atoms with Crippen LogP contribution in [0.1, 0.15) is 70.8 Å². The van der Waals surface area contributed by atoms with E-state index in [9.17, 15) is 9.59 Å². The number of benzene rings is 1. The molecule has 1 aromatic carbocycles. The van der Waals surface area contributed by atoms with Crippen molar-refractivity contribution >= 4 is 12.3 Å². The van der Waals surface area contributed by atoms with Crippen LogP contribution in [0.3, 0.4) is 0 Å². The molecule has 1 rings (SSSR count). The van der Waals surface area contributed by atoms with Gasteiger partial charge in [-0.3, -0.25) is 4.79 Å². The average molecular weight is 373 g/mol. The molecule has 0 radical (unpaired) electrons. The number of ether oxygens (including phenoxy) is 2. The normalized spacial score (nSPS) is 12.5. The molecular formula is C23H32O4. The summed E-state index contributed by atoms with van der Waals surface area (Å²) in [6, 6.07) is 10.2. The molecule has 1 aromatic rings. The highest BCUT2D eigenvalue weighted by molar-refractivity contribution is 5.66. The van der Waals surface area contributed by atoms with Gasteiger partial charge >= 0.3 is 5.97 Å². The molecule has 0 saturated carbocycles. The minimum atomic E-state index is -0.359. The summed E-state index contributed by atoms with van der Waals surface area (Å²) in [5, 5.41) is 0. The Hall–Kier alpha value is -2.12. The van der Waals surface area contributed by atoms with Crippen LogP contribution in [0.4, 0.5) is 0 Å². The first kappa shape index (κ1) is 22.9. The van der Waals surface area contributed by atoms with Crippen LogP contribution in [0.5, 0.6) is 0 Å². The number of hydrogen-bond donors (Lipinski definition) is 0. The van der Waals surface area contributed by atoms with Crippen LogP contribution in [0.15, 0.2) is 30.3 Å². The largest absolute Gasteiger partial charge is 0.449 e. The highest BCUT2D eigenvalue weighted by Crippen LogP contribution is 2.13. The van der Waals surface area contributed by atoms with Crippen molar-refractivity contribution in [3.05, 3.63) is 35.9 Å². The van der Waals surface area contributed by atoms with Gasteiger partial charge in [-0.1, -0.05) is 61.4 Å². The molecule has 0 aliphatic carbocycles. The number of rotatable bonds is 13. The van der Waals surface area contributed by atoms with Crippen LogP contribution in [0, 0.1) is 11.8 Å². The number of unbranched alkanes of at least 4 members (excludes halogenated alkanes) is 4. The van der Waals surface area contributed by atoms with Gasteiger partial charge in [0.2, 0.25) is 0 Å². The maximum absolute atomic E-state index is 11.2. The molecule has 0 aliphatic heterocycles. The summed E-state index contributed by atoms with van der Waals surface area (Å²) in [5.41, 5.74) is 1.20. The standard InChI is InChI=1S/C23H32O4/c1-20(26-19-22-14-8-5-9-15-22)13-7-3-4-10-16-23(27-21(2)25)17-11-6-12-18-24/h5,8-9,14-15,18,20,23H,3-4,6-7,10,12-13,16,19H2,1-2H3/t20-,23?/m1/s1. The number of aldehydes is 1. The predicted molar refractivity (Wildman–Crippen MR) is 107 cm³/mol. The van der Waals surface area contributed by atoms with E-state index in [0.29, 0.717) is 19.4 Å². The molecule has 4 heteroatoms. The van der Waals surface area contributed by atoms with Crippen molar-refractivity contribution < 1.29 is 19.1 Å². The molecule has 27 heavy (non-hydrogen) atoms. The first-order valence-electron chi connectivity index (χ1n) is 9.86. The Morgan fingerprint density at radius 2 is 1.81 bits per heavy atom. The maximum atomic E-state index is 11.2. The Morgan fingerprint density at radius 1 is 1.11 bits per heavy atom. The highest BCUT2D eigenvalue weighted by Gasteiger charge is 2.08. The molecule has 148 valence electrons. The van der Waals surface area contributed by atoms with Crippen molar-refractivity contribution in [2.45, 2.75) is 84.0 Å². The Kier molecular flexibility index (Phi) is 12.7. The van der Waals surface area contributed by atoms with E-state index in [-0.39, 0.29) is 18.2 Å². The van der Waals surface area contributed by atoms with Gasteiger partial charge in [-0.15, -0.1) is 0 Å². The molecule has 0 aliphatic rings. The molecule has 0 heterocycles. The molecule has 4 nitrogen and oxygen atoms in total. The minimum Gasteiger partial charge on any atom is -0.449 e. The first-order valence-corrected chi connectivity index (χ1v) is 9.86. The fraction of sp³-hybridized carbons (Fsp3) is 0.565. The SMILES string of the molecule is CC(=O)OC(C#CCCC=O)CCCCCC[C@@H](C)OCc1ccccc1. The molecule has 0 N–H and O–H groups in total. The quantitative estimate of drug-likeness (QED) is 0.215. The van der Waals surface area contributed by atoms with Gasteiger partial charge in [0.15, 0.2) is 6.10 Å². The Morgan fingerprint density at radius 3 is 2.48 bits per heavy atom. The van der Waals surface area contributed by atoms with Gasteiger partial charge in [0, 0.05) is 19.8 Å². The molecule has 0 saturated heterocycles.